The van der Waals surface area contributed by atoms with Crippen LogP contribution in [-0.2, 0) is 24.4 Å². The molecule has 0 saturated heterocycles. The van der Waals surface area contributed by atoms with Crippen LogP contribution in [0.1, 0.15) is 23.2 Å². The maximum Gasteiger partial charge on any atom is 0.274 e. The van der Waals surface area contributed by atoms with Gasteiger partial charge in [-0.25, -0.2) is 0 Å². The molecule has 10 heteroatoms. The lowest BCUT2D eigenvalue weighted by Gasteiger charge is -2.06. The van der Waals surface area contributed by atoms with Crippen molar-refractivity contribution in [1.82, 2.24) is 24.9 Å². The van der Waals surface area contributed by atoms with Crippen LogP contribution < -0.4 is 10.6 Å². The van der Waals surface area contributed by atoms with Gasteiger partial charge in [0.1, 0.15) is 12.3 Å². The van der Waals surface area contributed by atoms with Gasteiger partial charge in [-0.15, -0.1) is 0 Å². The molecule has 3 aromatic heterocycles. The van der Waals surface area contributed by atoms with Gasteiger partial charge in [-0.2, -0.15) is 10.2 Å². The molecular weight excluding hydrogens is 360 g/mol. The Labute approximate surface area is 153 Å². The molecule has 0 spiro atoms. The van der Waals surface area contributed by atoms with E-state index in [0.29, 0.717) is 23.0 Å². The number of hydrogen-bond acceptors (Lipinski definition) is 5. The van der Waals surface area contributed by atoms with Crippen LogP contribution in [0.5, 0.6) is 0 Å². The Morgan fingerprint density at radius 2 is 2.15 bits per heavy atom. The topological polar surface area (TPSA) is 107 Å². The lowest BCUT2D eigenvalue weighted by molar-refractivity contribution is -0.116. The summed E-state index contributed by atoms with van der Waals surface area (Å²) in [5.74, 6) is -0.138. The molecule has 3 heterocycles. The van der Waals surface area contributed by atoms with Gasteiger partial charge in [-0.05, 0) is 19.1 Å². The van der Waals surface area contributed by atoms with Crippen LogP contribution in [0.15, 0.2) is 41.4 Å². The zero-order chi connectivity index (χ0) is 18.5. The number of aryl methyl sites for hydroxylation is 1. The van der Waals surface area contributed by atoms with E-state index in [4.69, 9.17) is 16.0 Å². The third-order valence-electron chi connectivity index (χ3n) is 3.49. The van der Waals surface area contributed by atoms with E-state index in [9.17, 15) is 9.59 Å². The van der Waals surface area contributed by atoms with Crippen molar-refractivity contribution in [2.75, 3.05) is 5.32 Å². The maximum atomic E-state index is 12.4. The Balaban J connectivity index is 1.68. The number of anilines is 1. The Morgan fingerprint density at radius 1 is 1.31 bits per heavy atom. The molecule has 2 amide bonds. The second kappa shape index (κ2) is 7.87. The average Bonchev–Trinajstić information content (AvgIpc) is 3.34. The van der Waals surface area contributed by atoms with Crippen molar-refractivity contribution in [3.05, 3.63) is 53.5 Å². The number of carbonyl (C=O) groups excluding carboxylic acids is 2. The third kappa shape index (κ3) is 4.31. The van der Waals surface area contributed by atoms with Gasteiger partial charge in [0.15, 0.2) is 5.69 Å². The van der Waals surface area contributed by atoms with Crippen LogP contribution in [0.4, 0.5) is 5.69 Å². The smallest absolute Gasteiger partial charge is 0.274 e. The first kappa shape index (κ1) is 17.7. The molecule has 0 aromatic carbocycles. The van der Waals surface area contributed by atoms with Crippen LogP contribution >= 0.6 is 11.6 Å². The molecule has 136 valence electrons. The minimum atomic E-state index is -0.411. The average molecular weight is 377 g/mol. The number of nitrogens with zero attached hydrogens (tertiary/aromatic N) is 4. The van der Waals surface area contributed by atoms with Gasteiger partial charge < -0.3 is 15.1 Å². The third-order valence-corrected chi connectivity index (χ3v) is 3.68. The number of furan rings is 1. The summed E-state index contributed by atoms with van der Waals surface area (Å²) in [4.78, 5) is 24.6. The molecule has 0 bridgehead atoms. The van der Waals surface area contributed by atoms with E-state index >= 15 is 0 Å². The van der Waals surface area contributed by atoms with Crippen molar-refractivity contribution in [1.29, 1.82) is 0 Å². The Bertz CT molecular complexity index is 899. The van der Waals surface area contributed by atoms with Crippen LogP contribution in [0.2, 0.25) is 5.02 Å². The summed E-state index contributed by atoms with van der Waals surface area (Å²) in [5, 5.41) is 14.0. The summed E-state index contributed by atoms with van der Waals surface area (Å²) in [7, 11) is 0. The normalized spacial score (nSPS) is 10.7. The second-order valence-electron chi connectivity index (χ2n) is 5.41. The van der Waals surface area contributed by atoms with E-state index in [1.165, 1.54) is 23.3 Å². The molecule has 0 saturated carbocycles. The fraction of sp³-hybridized carbons (Fsp3) is 0.250. The minimum absolute atomic E-state index is 0.0303. The van der Waals surface area contributed by atoms with Gasteiger partial charge in [0.05, 0.1) is 29.7 Å². The Kier molecular flexibility index (Phi) is 5.37. The van der Waals surface area contributed by atoms with E-state index in [1.807, 2.05) is 6.92 Å². The van der Waals surface area contributed by atoms with Crippen LogP contribution in [0, 0.1) is 0 Å². The van der Waals surface area contributed by atoms with Crippen molar-refractivity contribution in [2.24, 2.45) is 0 Å². The molecular formula is C16H17ClN6O3. The highest BCUT2D eigenvalue weighted by Crippen LogP contribution is 2.15. The lowest BCUT2D eigenvalue weighted by atomic mass is 10.3. The number of nitrogens with one attached hydrogen (secondary N) is 2. The monoisotopic (exact) mass is 376 g/mol. The molecule has 3 aromatic rings. The summed E-state index contributed by atoms with van der Waals surface area (Å²) in [6, 6.07) is 3.49. The quantitative estimate of drug-likeness (QED) is 0.655. The number of aromatic nitrogens is 4. The SMILES string of the molecule is CCn1cc(NC(=O)Cn2cc(Cl)cn2)c(C(=O)NCc2ccco2)n1. The molecule has 3 rings (SSSR count). The van der Waals surface area contributed by atoms with Crippen molar-refractivity contribution in [3.8, 4) is 0 Å². The van der Waals surface area contributed by atoms with E-state index in [1.54, 1.807) is 23.0 Å². The van der Waals surface area contributed by atoms with Crippen molar-refractivity contribution < 1.29 is 14.0 Å². The molecule has 2 N–H and O–H groups in total. The van der Waals surface area contributed by atoms with E-state index in [0.717, 1.165) is 0 Å². The zero-order valence-electron chi connectivity index (χ0n) is 14.0. The van der Waals surface area contributed by atoms with Gasteiger partial charge in [0, 0.05) is 18.9 Å². The summed E-state index contributed by atoms with van der Waals surface area (Å²) in [6.07, 6.45) is 6.11. The molecule has 26 heavy (non-hydrogen) atoms. The highest BCUT2D eigenvalue weighted by molar-refractivity contribution is 6.30. The van der Waals surface area contributed by atoms with Crippen LogP contribution in [0.3, 0.4) is 0 Å². The second-order valence-corrected chi connectivity index (χ2v) is 5.85. The molecule has 0 unspecified atom stereocenters. The molecule has 0 radical (unpaired) electrons. The predicted molar refractivity (Wildman–Crippen MR) is 93.6 cm³/mol. The first-order valence-corrected chi connectivity index (χ1v) is 8.28. The molecule has 0 aliphatic rings. The fourth-order valence-corrected chi connectivity index (χ4v) is 2.42. The van der Waals surface area contributed by atoms with Crippen LogP contribution in [0.25, 0.3) is 0 Å². The summed E-state index contributed by atoms with van der Waals surface area (Å²) < 4.78 is 8.15. The number of rotatable bonds is 7. The molecule has 0 atom stereocenters. The molecule has 9 nitrogen and oxygen atoms in total. The minimum Gasteiger partial charge on any atom is -0.467 e. The standard InChI is InChI=1S/C16H17ClN6O3/c1-2-22-9-13(20-14(24)10-23-8-11(17)6-19-23)15(21-22)16(25)18-7-12-4-3-5-26-12/h3-6,8-9H,2,7,10H2,1H3,(H,18,25)(H,20,24). The highest BCUT2D eigenvalue weighted by atomic mass is 35.5. The van der Waals surface area contributed by atoms with Gasteiger partial charge in [-0.3, -0.25) is 19.0 Å². The zero-order valence-corrected chi connectivity index (χ0v) is 14.7. The first-order valence-electron chi connectivity index (χ1n) is 7.91. The van der Waals surface area contributed by atoms with E-state index in [-0.39, 0.29) is 24.7 Å². The largest absolute Gasteiger partial charge is 0.467 e. The Hall–Kier alpha value is -3.07. The fourth-order valence-electron chi connectivity index (χ4n) is 2.27. The summed E-state index contributed by atoms with van der Waals surface area (Å²) in [6.45, 7) is 2.64. The van der Waals surface area contributed by atoms with Gasteiger partial charge in [-0.1, -0.05) is 11.6 Å². The van der Waals surface area contributed by atoms with E-state index < -0.39 is 5.91 Å². The summed E-state index contributed by atoms with van der Waals surface area (Å²) in [5.41, 5.74) is 0.456. The molecule has 0 aliphatic heterocycles. The van der Waals surface area contributed by atoms with Crippen molar-refractivity contribution >= 4 is 29.1 Å². The number of amides is 2. The molecule has 0 fully saturated rings. The number of halogens is 1. The predicted octanol–water partition coefficient (Wildman–Crippen LogP) is 1.91. The van der Waals surface area contributed by atoms with Gasteiger partial charge >= 0.3 is 0 Å². The van der Waals surface area contributed by atoms with Crippen molar-refractivity contribution in [3.63, 3.8) is 0 Å². The first-order chi connectivity index (χ1) is 12.5. The Morgan fingerprint density at radius 3 is 2.81 bits per heavy atom. The highest BCUT2D eigenvalue weighted by Gasteiger charge is 2.19. The number of hydrogen-bond donors (Lipinski definition) is 2. The number of carbonyl (C=O) groups is 2. The maximum absolute atomic E-state index is 12.4. The van der Waals surface area contributed by atoms with Crippen LogP contribution in [-0.4, -0.2) is 31.4 Å². The lowest BCUT2D eigenvalue weighted by Crippen LogP contribution is -2.25. The van der Waals surface area contributed by atoms with Gasteiger partial charge in [0.25, 0.3) is 5.91 Å². The van der Waals surface area contributed by atoms with Gasteiger partial charge in [0.2, 0.25) is 5.91 Å². The summed E-state index contributed by atoms with van der Waals surface area (Å²) >= 11 is 5.78. The molecule has 0 aliphatic carbocycles. The van der Waals surface area contributed by atoms with Crippen molar-refractivity contribution in [2.45, 2.75) is 26.6 Å². The van der Waals surface area contributed by atoms with E-state index in [2.05, 4.69) is 20.8 Å².